The molecule has 0 saturated heterocycles. The molecule has 9 aromatic carbocycles. The molecule has 0 fully saturated rings. The second-order valence-corrected chi connectivity index (χ2v) is 15.4. The second kappa shape index (κ2) is 16.4. The van der Waals surface area contributed by atoms with E-state index >= 15 is 0 Å². The Morgan fingerprint density at radius 3 is 1.41 bits per heavy atom. The predicted octanol–water partition coefficient (Wildman–Crippen LogP) is 15.7. The third-order valence-corrected chi connectivity index (χ3v) is 11.7. The first-order valence-electron chi connectivity index (χ1n) is 20.9. The number of hydrogen-bond donors (Lipinski definition) is 1. The summed E-state index contributed by atoms with van der Waals surface area (Å²) in [6, 6.07) is 78.9. The lowest BCUT2D eigenvalue weighted by atomic mass is 9.80. The molecule has 10 rings (SSSR count). The number of fused-ring (bicyclic) bond motifs is 3. The van der Waals surface area contributed by atoms with E-state index in [9.17, 15) is 0 Å². The van der Waals surface area contributed by atoms with Crippen molar-refractivity contribution in [3.05, 3.63) is 242 Å². The fraction of sp³-hybridized carbons (Fsp3) is 0.0169. The topological polar surface area (TPSA) is 30.9 Å². The van der Waals surface area contributed by atoms with E-state index in [0.717, 1.165) is 66.7 Å². The van der Waals surface area contributed by atoms with Crippen molar-refractivity contribution in [1.29, 1.82) is 0 Å². The van der Waals surface area contributed by atoms with Gasteiger partial charge in [0.2, 0.25) is 0 Å². The molecule has 2 N–H and O–H groups in total. The Balaban J connectivity index is 1.41. The molecule has 0 spiro atoms. The zero-order valence-electron chi connectivity index (χ0n) is 34.0. The molecule has 0 aliphatic rings. The second-order valence-electron chi connectivity index (χ2n) is 15.4. The highest BCUT2D eigenvalue weighted by atomic mass is 15.0. The van der Waals surface area contributed by atoms with E-state index in [-0.39, 0.29) is 0 Å². The number of nitrogens with zero attached hydrogens (tertiary/aromatic N) is 1. The van der Waals surface area contributed by atoms with Crippen LogP contribution >= 0.6 is 0 Å². The lowest BCUT2D eigenvalue weighted by Gasteiger charge is -2.24. The van der Waals surface area contributed by atoms with E-state index in [1.165, 1.54) is 38.8 Å². The summed E-state index contributed by atoms with van der Waals surface area (Å²) in [5.41, 5.74) is 25.9. The lowest BCUT2D eigenvalue weighted by molar-refractivity contribution is 1.18. The van der Waals surface area contributed by atoms with Gasteiger partial charge in [-0.2, -0.15) is 0 Å². The molecule has 2 heteroatoms. The van der Waals surface area contributed by atoms with Gasteiger partial charge in [0.25, 0.3) is 0 Å². The van der Waals surface area contributed by atoms with Gasteiger partial charge < -0.3 is 10.3 Å². The average molecular weight is 781 g/mol. The summed E-state index contributed by atoms with van der Waals surface area (Å²) in [6.07, 6.45) is 6.00. The molecule has 1 heterocycles. The third-order valence-electron chi connectivity index (χ3n) is 11.7. The zero-order chi connectivity index (χ0) is 41.1. The van der Waals surface area contributed by atoms with Crippen LogP contribution in [0.3, 0.4) is 0 Å². The van der Waals surface area contributed by atoms with Crippen LogP contribution in [0.1, 0.15) is 12.5 Å². The molecule has 10 aromatic rings. The smallest absolute Gasteiger partial charge is 0.0632 e. The van der Waals surface area contributed by atoms with Gasteiger partial charge in [0.05, 0.1) is 11.0 Å². The molecule has 61 heavy (non-hydrogen) atoms. The summed E-state index contributed by atoms with van der Waals surface area (Å²) < 4.78 is 2.50. The molecule has 0 atom stereocenters. The van der Waals surface area contributed by atoms with Crippen molar-refractivity contribution in [2.24, 2.45) is 5.73 Å². The molecule has 1 aromatic heterocycles. The van der Waals surface area contributed by atoms with Crippen molar-refractivity contribution in [3.63, 3.8) is 0 Å². The molecular formula is C59H44N2. The maximum absolute atomic E-state index is 6.87. The van der Waals surface area contributed by atoms with Gasteiger partial charge in [-0.1, -0.05) is 200 Å². The summed E-state index contributed by atoms with van der Waals surface area (Å²) >= 11 is 0. The van der Waals surface area contributed by atoms with Gasteiger partial charge in [0.1, 0.15) is 0 Å². The van der Waals surface area contributed by atoms with Crippen LogP contribution in [-0.2, 0) is 0 Å². The lowest BCUT2D eigenvalue weighted by Crippen LogP contribution is -2.01. The van der Waals surface area contributed by atoms with E-state index in [4.69, 9.17) is 5.73 Å². The first-order valence-corrected chi connectivity index (χ1v) is 20.9. The Hall–Kier alpha value is -7.94. The van der Waals surface area contributed by atoms with Crippen LogP contribution in [0.5, 0.6) is 0 Å². The fourth-order valence-corrected chi connectivity index (χ4v) is 8.92. The highest BCUT2D eigenvalue weighted by Crippen LogP contribution is 2.54. The van der Waals surface area contributed by atoms with Gasteiger partial charge in [0.15, 0.2) is 0 Å². The van der Waals surface area contributed by atoms with Gasteiger partial charge in [-0.15, -0.1) is 0 Å². The minimum absolute atomic E-state index is 0.718. The van der Waals surface area contributed by atoms with E-state index in [1.54, 1.807) is 0 Å². The van der Waals surface area contributed by atoms with Crippen molar-refractivity contribution in [1.82, 2.24) is 4.57 Å². The predicted molar refractivity (Wildman–Crippen MR) is 260 cm³/mol. The Kier molecular flexibility index (Phi) is 10.0. The number of nitrogens with two attached hydrogens (primary N) is 1. The monoisotopic (exact) mass is 780 g/mol. The van der Waals surface area contributed by atoms with Gasteiger partial charge in [-0.05, 0) is 99.0 Å². The first kappa shape index (κ1) is 37.3. The molecule has 0 saturated carbocycles. The maximum atomic E-state index is 6.87. The molecule has 0 radical (unpaired) electrons. The quantitative estimate of drug-likeness (QED) is 0.145. The van der Waals surface area contributed by atoms with Crippen molar-refractivity contribution < 1.29 is 0 Å². The SMILES string of the molecule is C/C=C\C=C(/N)c1ccc2c(c1)c1c(-c3ccccc3)c(-c3ccccc3)c(-c3ccccc3)c(-c3ccccc3)c1n2-c1cccc(-c2cccc(-c3ccccc3)c2)c1. The van der Waals surface area contributed by atoms with Crippen LogP contribution < -0.4 is 5.73 Å². The summed E-state index contributed by atoms with van der Waals surface area (Å²) in [5.74, 6) is 0. The van der Waals surface area contributed by atoms with E-state index in [0.29, 0.717) is 0 Å². The van der Waals surface area contributed by atoms with Crippen LogP contribution in [-0.4, -0.2) is 4.57 Å². The minimum Gasteiger partial charge on any atom is -0.398 e. The normalized spacial score (nSPS) is 11.8. The van der Waals surface area contributed by atoms with Crippen LogP contribution in [0.4, 0.5) is 0 Å². The van der Waals surface area contributed by atoms with Crippen LogP contribution in [0, 0.1) is 0 Å². The molecule has 0 unspecified atom stereocenters. The van der Waals surface area contributed by atoms with E-state index < -0.39 is 0 Å². The van der Waals surface area contributed by atoms with Gasteiger partial charge in [-0.3, -0.25) is 0 Å². The number of aromatic nitrogens is 1. The molecule has 0 bridgehead atoms. The van der Waals surface area contributed by atoms with Crippen molar-refractivity contribution in [2.75, 3.05) is 0 Å². The summed E-state index contributed by atoms with van der Waals surface area (Å²) in [5, 5.41) is 2.31. The molecule has 0 amide bonds. The van der Waals surface area contributed by atoms with Gasteiger partial charge in [0, 0.05) is 38.8 Å². The highest BCUT2D eigenvalue weighted by Gasteiger charge is 2.29. The third kappa shape index (κ3) is 6.94. The Morgan fingerprint density at radius 2 is 0.852 bits per heavy atom. The molecular weight excluding hydrogens is 737 g/mol. The number of benzene rings is 9. The Morgan fingerprint density at radius 1 is 0.410 bits per heavy atom. The highest BCUT2D eigenvalue weighted by molar-refractivity contribution is 6.26. The van der Waals surface area contributed by atoms with E-state index in [1.807, 2.05) is 25.2 Å². The standard InChI is InChI=1S/C59H44N2/c1-2-3-35-52(60)49-36-37-53-51(40-49)58-56(44-27-15-7-16-28-44)54(42-23-11-5-12-24-42)55(43-25-13-6-14-26-43)57(45-29-17-8-18-30-45)59(58)61(53)50-34-20-33-48(39-50)47-32-19-31-46(38-47)41-21-9-4-10-22-41/h2-40H,60H2,1H3/b3-2-,52-35-. The van der Waals surface area contributed by atoms with Gasteiger partial charge in [-0.25, -0.2) is 0 Å². The van der Waals surface area contributed by atoms with Crippen LogP contribution in [0.2, 0.25) is 0 Å². The number of allylic oxidation sites excluding steroid dienone is 3. The number of rotatable bonds is 9. The average Bonchev–Trinajstić information content (AvgIpc) is 3.68. The summed E-state index contributed by atoms with van der Waals surface area (Å²) in [7, 11) is 0. The van der Waals surface area contributed by atoms with Crippen molar-refractivity contribution >= 4 is 27.5 Å². The zero-order valence-corrected chi connectivity index (χ0v) is 34.0. The molecule has 0 aliphatic heterocycles. The molecule has 2 nitrogen and oxygen atoms in total. The first-order chi connectivity index (χ1) is 30.2. The van der Waals surface area contributed by atoms with Crippen molar-refractivity contribution in [3.8, 4) is 72.4 Å². The van der Waals surface area contributed by atoms with E-state index in [2.05, 4.69) is 223 Å². The summed E-state index contributed by atoms with van der Waals surface area (Å²) in [4.78, 5) is 0. The Labute approximate surface area is 357 Å². The minimum atomic E-state index is 0.718. The van der Waals surface area contributed by atoms with Crippen LogP contribution in [0.15, 0.2) is 237 Å². The van der Waals surface area contributed by atoms with Gasteiger partial charge >= 0.3 is 0 Å². The van der Waals surface area contributed by atoms with Crippen molar-refractivity contribution in [2.45, 2.75) is 6.92 Å². The maximum Gasteiger partial charge on any atom is 0.0632 e. The molecule has 0 aliphatic carbocycles. The Bertz CT molecular complexity index is 3210. The number of hydrogen-bond acceptors (Lipinski definition) is 1. The molecule has 290 valence electrons. The van der Waals surface area contributed by atoms with Crippen LogP contribution in [0.25, 0.3) is 100.0 Å². The largest absolute Gasteiger partial charge is 0.398 e. The fourth-order valence-electron chi connectivity index (χ4n) is 8.92. The summed E-state index contributed by atoms with van der Waals surface area (Å²) in [6.45, 7) is 2.01.